The van der Waals surface area contributed by atoms with E-state index in [0.29, 0.717) is 49.5 Å². The van der Waals surface area contributed by atoms with Crippen LogP contribution < -0.4 is 10.6 Å². The van der Waals surface area contributed by atoms with Crippen LogP contribution in [0.15, 0.2) is 78.9 Å². The van der Waals surface area contributed by atoms with Crippen LogP contribution >= 0.6 is 0 Å². The molecule has 1 fully saturated rings. The average molecular weight is 471 g/mol. The topological polar surface area (TPSA) is 81.8 Å². The fourth-order valence-corrected chi connectivity index (χ4v) is 4.14. The summed E-state index contributed by atoms with van der Waals surface area (Å²) in [5.41, 5.74) is 3.73. The number of benzene rings is 3. The second-order valence-electron chi connectivity index (χ2n) is 8.67. The molecule has 1 saturated heterocycles. The fraction of sp³-hybridized carbons (Fsp3) is 0.250. The molecule has 3 aromatic rings. The number of nitrogens with one attached hydrogen (secondary N) is 2. The maximum Gasteiger partial charge on any atom is 0.257 e. The molecule has 0 aliphatic carbocycles. The van der Waals surface area contributed by atoms with Crippen LogP contribution in [-0.2, 0) is 16.0 Å². The molecule has 35 heavy (non-hydrogen) atoms. The smallest absolute Gasteiger partial charge is 0.257 e. The summed E-state index contributed by atoms with van der Waals surface area (Å²) in [5, 5.41) is 5.73. The summed E-state index contributed by atoms with van der Waals surface area (Å²) in [4.78, 5) is 42.1. The Labute approximate surface area is 205 Å². The Morgan fingerprint density at radius 2 is 1.43 bits per heavy atom. The third-order valence-electron chi connectivity index (χ3n) is 6.17. The molecular formula is C28H30N4O3. The van der Waals surface area contributed by atoms with E-state index >= 15 is 0 Å². The lowest BCUT2D eigenvalue weighted by atomic mass is 10.1. The van der Waals surface area contributed by atoms with Crippen LogP contribution in [0.2, 0.25) is 0 Å². The summed E-state index contributed by atoms with van der Waals surface area (Å²) in [5.74, 6) is -0.362. The van der Waals surface area contributed by atoms with Crippen LogP contribution in [0.3, 0.4) is 0 Å². The minimum absolute atomic E-state index is 0.113. The molecule has 0 bridgehead atoms. The van der Waals surface area contributed by atoms with E-state index in [-0.39, 0.29) is 24.3 Å². The minimum Gasteiger partial charge on any atom is -0.340 e. The van der Waals surface area contributed by atoms with Gasteiger partial charge in [-0.25, -0.2) is 0 Å². The van der Waals surface area contributed by atoms with Crippen molar-refractivity contribution in [2.75, 3.05) is 43.4 Å². The van der Waals surface area contributed by atoms with Gasteiger partial charge in [-0.2, -0.15) is 0 Å². The molecule has 0 atom stereocenters. The van der Waals surface area contributed by atoms with Crippen LogP contribution in [0.1, 0.15) is 21.5 Å². The summed E-state index contributed by atoms with van der Waals surface area (Å²) in [6.07, 6.45) is 0.398. The third kappa shape index (κ3) is 6.55. The number of para-hydroxylation sites is 2. The van der Waals surface area contributed by atoms with Crippen molar-refractivity contribution >= 4 is 29.1 Å². The number of hydrogen-bond acceptors (Lipinski definition) is 4. The highest BCUT2D eigenvalue weighted by Gasteiger charge is 2.23. The van der Waals surface area contributed by atoms with Gasteiger partial charge in [0.2, 0.25) is 11.8 Å². The highest BCUT2D eigenvalue weighted by molar-refractivity contribution is 6.10. The molecule has 180 valence electrons. The molecule has 4 rings (SSSR count). The molecular weight excluding hydrogens is 440 g/mol. The number of aryl methyl sites for hydroxylation is 1. The number of nitrogens with zero attached hydrogens (tertiary/aromatic N) is 2. The van der Waals surface area contributed by atoms with Gasteiger partial charge in [-0.05, 0) is 42.3 Å². The Bertz CT molecular complexity index is 1190. The molecule has 2 N–H and O–H groups in total. The summed E-state index contributed by atoms with van der Waals surface area (Å²) in [6.45, 7) is 4.66. The molecule has 7 nitrogen and oxygen atoms in total. The first-order valence-electron chi connectivity index (χ1n) is 11.8. The SMILES string of the molecule is Cc1ccccc1CC(=O)N1CCN(CC(=O)Nc2ccccc2C(=O)Nc2ccccc2)CC1. The van der Waals surface area contributed by atoms with Crippen LogP contribution in [0.25, 0.3) is 0 Å². The van der Waals surface area contributed by atoms with E-state index in [0.717, 1.165) is 11.1 Å². The van der Waals surface area contributed by atoms with Crippen molar-refractivity contribution in [2.24, 2.45) is 0 Å². The number of anilines is 2. The Morgan fingerprint density at radius 1 is 0.771 bits per heavy atom. The van der Waals surface area contributed by atoms with E-state index in [1.165, 1.54) is 0 Å². The first-order valence-corrected chi connectivity index (χ1v) is 11.8. The summed E-state index contributed by atoms with van der Waals surface area (Å²) >= 11 is 0. The zero-order valence-corrected chi connectivity index (χ0v) is 19.9. The van der Waals surface area contributed by atoms with Gasteiger partial charge in [0, 0.05) is 31.9 Å². The van der Waals surface area contributed by atoms with E-state index in [2.05, 4.69) is 10.6 Å². The first kappa shape index (κ1) is 24.2. The van der Waals surface area contributed by atoms with Gasteiger partial charge in [-0.15, -0.1) is 0 Å². The number of amides is 3. The van der Waals surface area contributed by atoms with E-state index in [4.69, 9.17) is 0 Å². The molecule has 0 radical (unpaired) electrons. The van der Waals surface area contributed by atoms with Crippen molar-refractivity contribution in [3.63, 3.8) is 0 Å². The third-order valence-corrected chi connectivity index (χ3v) is 6.17. The van der Waals surface area contributed by atoms with Crippen molar-refractivity contribution in [3.8, 4) is 0 Å². The van der Waals surface area contributed by atoms with Gasteiger partial charge in [-0.1, -0.05) is 54.6 Å². The van der Waals surface area contributed by atoms with Gasteiger partial charge >= 0.3 is 0 Å². The largest absolute Gasteiger partial charge is 0.340 e. The molecule has 1 heterocycles. The summed E-state index contributed by atoms with van der Waals surface area (Å²) in [6, 6.07) is 24.1. The summed E-state index contributed by atoms with van der Waals surface area (Å²) < 4.78 is 0. The molecule has 1 aliphatic rings. The Hall–Kier alpha value is -3.97. The normalized spacial score (nSPS) is 13.8. The lowest BCUT2D eigenvalue weighted by Crippen LogP contribution is -2.50. The van der Waals surface area contributed by atoms with Gasteiger partial charge in [0.15, 0.2) is 0 Å². The monoisotopic (exact) mass is 470 g/mol. The molecule has 1 aliphatic heterocycles. The molecule has 0 unspecified atom stereocenters. The quantitative estimate of drug-likeness (QED) is 0.553. The van der Waals surface area contributed by atoms with Crippen LogP contribution in [0.4, 0.5) is 11.4 Å². The number of rotatable bonds is 7. The molecule has 0 saturated carbocycles. The Morgan fingerprint density at radius 3 is 2.17 bits per heavy atom. The van der Waals surface area contributed by atoms with Crippen molar-refractivity contribution in [1.82, 2.24) is 9.80 Å². The van der Waals surface area contributed by atoms with E-state index in [1.807, 2.05) is 71.3 Å². The van der Waals surface area contributed by atoms with Crippen molar-refractivity contribution in [2.45, 2.75) is 13.3 Å². The van der Waals surface area contributed by atoms with Gasteiger partial charge in [0.1, 0.15) is 0 Å². The van der Waals surface area contributed by atoms with Gasteiger partial charge < -0.3 is 15.5 Å². The molecule has 0 aromatic heterocycles. The van der Waals surface area contributed by atoms with Crippen molar-refractivity contribution in [3.05, 3.63) is 95.6 Å². The van der Waals surface area contributed by atoms with Gasteiger partial charge in [0.25, 0.3) is 5.91 Å². The number of piperazine rings is 1. The second-order valence-corrected chi connectivity index (χ2v) is 8.67. The number of carbonyl (C=O) groups excluding carboxylic acids is 3. The first-order chi connectivity index (χ1) is 17.0. The maximum atomic E-state index is 12.7. The predicted molar refractivity (Wildman–Crippen MR) is 137 cm³/mol. The predicted octanol–water partition coefficient (Wildman–Crippen LogP) is 3.57. The standard InChI is InChI=1S/C28H30N4O3/c1-21-9-5-6-10-22(21)19-27(34)32-17-15-31(16-18-32)20-26(33)30-25-14-8-7-13-24(25)28(35)29-23-11-3-2-4-12-23/h2-14H,15-20H2,1H3,(H,29,35)(H,30,33). The zero-order chi connectivity index (χ0) is 24.6. The second kappa shape index (κ2) is 11.4. The van der Waals surface area contributed by atoms with E-state index in [1.54, 1.807) is 24.3 Å². The fourth-order valence-electron chi connectivity index (χ4n) is 4.14. The summed E-state index contributed by atoms with van der Waals surface area (Å²) in [7, 11) is 0. The van der Waals surface area contributed by atoms with Crippen LogP contribution in [0, 0.1) is 6.92 Å². The van der Waals surface area contributed by atoms with E-state index < -0.39 is 0 Å². The number of hydrogen-bond donors (Lipinski definition) is 2. The van der Waals surface area contributed by atoms with Crippen LogP contribution in [-0.4, -0.2) is 60.2 Å². The lowest BCUT2D eigenvalue weighted by molar-refractivity contribution is -0.132. The molecule has 7 heteroatoms. The van der Waals surface area contributed by atoms with Gasteiger partial charge in [0.05, 0.1) is 24.2 Å². The molecule has 0 spiro atoms. The van der Waals surface area contributed by atoms with Crippen molar-refractivity contribution < 1.29 is 14.4 Å². The lowest BCUT2D eigenvalue weighted by Gasteiger charge is -2.34. The van der Waals surface area contributed by atoms with Crippen LogP contribution in [0.5, 0.6) is 0 Å². The zero-order valence-electron chi connectivity index (χ0n) is 19.9. The molecule has 3 aromatic carbocycles. The van der Waals surface area contributed by atoms with Gasteiger partial charge in [-0.3, -0.25) is 19.3 Å². The highest BCUT2D eigenvalue weighted by Crippen LogP contribution is 2.18. The Kier molecular flexibility index (Phi) is 7.90. The van der Waals surface area contributed by atoms with E-state index in [9.17, 15) is 14.4 Å². The van der Waals surface area contributed by atoms with Crippen molar-refractivity contribution in [1.29, 1.82) is 0 Å². The minimum atomic E-state index is -0.284. The molecule has 3 amide bonds. The number of carbonyl (C=O) groups is 3. The Balaban J connectivity index is 1.28. The average Bonchev–Trinajstić information content (AvgIpc) is 2.86. The highest BCUT2D eigenvalue weighted by atomic mass is 16.2. The maximum absolute atomic E-state index is 12.7.